The zero-order valence-corrected chi connectivity index (χ0v) is 19.7. The van der Waals surface area contributed by atoms with Gasteiger partial charge in [-0.3, -0.25) is 14.6 Å². The second kappa shape index (κ2) is 9.14. The summed E-state index contributed by atoms with van der Waals surface area (Å²) in [5.74, 6) is 1.75. The van der Waals surface area contributed by atoms with Crippen LogP contribution in [0.4, 0.5) is 4.39 Å². The number of aromatic nitrogens is 3. The van der Waals surface area contributed by atoms with Crippen molar-refractivity contribution in [2.75, 3.05) is 14.2 Å². The van der Waals surface area contributed by atoms with Crippen molar-refractivity contribution in [1.82, 2.24) is 20.0 Å². The van der Waals surface area contributed by atoms with Gasteiger partial charge in [0.05, 0.1) is 23.7 Å². The molecule has 1 fully saturated rings. The molecule has 1 atom stereocenters. The van der Waals surface area contributed by atoms with Crippen LogP contribution in [0, 0.1) is 11.7 Å². The largest absolute Gasteiger partial charge is 0.342 e. The number of amides is 1. The smallest absolute Gasteiger partial charge is 0.277 e. The van der Waals surface area contributed by atoms with Gasteiger partial charge in [0.1, 0.15) is 11.6 Å². The van der Waals surface area contributed by atoms with Crippen molar-refractivity contribution in [2.45, 2.75) is 44.4 Å². The highest BCUT2D eigenvalue weighted by Crippen LogP contribution is 2.43. The van der Waals surface area contributed by atoms with Gasteiger partial charge in [-0.1, -0.05) is 6.92 Å². The molecular weight excluding hydrogens is 431 g/mol. The standard InChI is InChI=1S/C27H29FN4O2/c1-16(26-30-24-10-8-19(14-25(24)31-26)27(33)32(2)34-3)17-4-6-18(7-5-17)21-12-13-29-23-11-9-20(28)15-22(21)23/h8-18H,4-7H2,1-3H3,(H,30,31)/t16-,17-,18+/m1/s1. The summed E-state index contributed by atoms with van der Waals surface area (Å²) in [6, 6.07) is 12.4. The van der Waals surface area contributed by atoms with E-state index in [1.165, 1.54) is 23.8 Å². The lowest BCUT2D eigenvalue weighted by atomic mass is 9.73. The highest BCUT2D eigenvalue weighted by molar-refractivity contribution is 5.96. The minimum absolute atomic E-state index is 0.199. The number of nitrogens with one attached hydrogen (secondary N) is 1. The van der Waals surface area contributed by atoms with E-state index in [2.05, 4.69) is 23.0 Å². The number of benzene rings is 2. The zero-order chi connectivity index (χ0) is 23.8. The first kappa shape index (κ1) is 22.5. The molecule has 0 radical (unpaired) electrons. The topological polar surface area (TPSA) is 71.1 Å². The van der Waals surface area contributed by atoms with Gasteiger partial charge in [0.15, 0.2) is 0 Å². The highest BCUT2D eigenvalue weighted by atomic mass is 19.1. The number of hydrogen-bond donors (Lipinski definition) is 1. The van der Waals surface area contributed by atoms with Gasteiger partial charge in [0.2, 0.25) is 0 Å². The van der Waals surface area contributed by atoms with Crippen LogP contribution < -0.4 is 0 Å². The quantitative estimate of drug-likeness (QED) is 0.373. The molecule has 0 unspecified atom stereocenters. The molecule has 1 amide bonds. The predicted molar refractivity (Wildman–Crippen MR) is 130 cm³/mol. The van der Waals surface area contributed by atoms with Crippen LogP contribution in [0.3, 0.4) is 0 Å². The minimum Gasteiger partial charge on any atom is -0.342 e. The Labute approximate surface area is 198 Å². The van der Waals surface area contributed by atoms with Crippen LogP contribution in [0.25, 0.3) is 21.9 Å². The third kappa shape index (κ3) is 4.16. The molecule has 0 saturated heterocycles. The lowest BCUT2D eigenvalue weighted by molar-refractivity contribution is -0.0756. The van der Waals surface area contributed by atoms with Crippen molar-refractivity contribution in [2.24, 2.45) is 5.92 Å². The van der Waals surface area contributed by atoms with E-state index in [1.807, 2.05) is 18.3 Å². The first-order valence-electron chi connectivity index (χ1n) is 11.8. The summed E-state index contributed by atoms with van der Waals surface area (Å²) in [6.45, 7) is 2.23. The molecule has 1 aliphatic carbocycles. The molecule has 2 aromatic heterocycles. The average molecular weight is 461 g/mol. The summed E-state index contributed by atoms with van der Waals surface area (Å²) in [5.41, 5.74) is 4.33. The second-order valence-electron chi connectivity index (χ2n) is 9.30. The summed E-state index contributed by atoms with van der Waals surface area (Å²) in [5, 5.41) is 2.14. The summed E-state index contributed by atoms with van der Waals surface area (Å²) >= 11 is 0. The lowest BCUT2D eigenvalue weighted by Crippen LogP contribution is -2.25. The van der Waals surface area contributed by atoms with Gasteiger partial charge in [0.25, 0.3) is 5.91 Å². The number of carbonyl (C=O) groups is 1. The molecule has 0 spiro atoms. The molecule has 5 rings (SSSR count). The molecule has 0 aliphatic heterocycles. The number of pyridine rings is 1. The fourth-order valence-electron chi connectivity index (χ4n) is 5.29. The van der Waals surface area contributed by atoms with Gasteiger partial charge in [0, 0.05) is 30.1 Å². The van der Waals surface area contributed by atoms with Crippen LogP contribution in [-0.2, 0) is 4.84 Å². The normalized spacial score (nSPS) is 19.4. The van der Waals surface area contributed by atoms with E-state index in [0.29, 0.717) is 17.4 Å². The molecule has 4 aromatic rings. The fourth-order valence-corrected chi connectivity index (χ4v) is 5.29. The van der Waals surface area contributed by atoms with E-state index in [-0.39, 0.29) is 17.6 Å². The maximum absolute atomic E-state index is 13.9. The number of halogens is 1. The third-order valence-electron chi connectivity index (χ3n) is 7.39. The number of fused-ring (bicyclic) bond motifs is 2. The lowest BCUT2D eigenvalue weighted by Gasteiger charge is -2.32. The number of hydrogen-bond acceptors (Lipinski definition) is 4. The van der Waals surface area contributed by atoms with Crippen LogP contribution in [0.1, 0.15) is 66.2 Å². The average Bonchev–Trinajstić information content (AvgIpc) is 3.30. The molecule has 176 valence electrons. The molecule has 6 nitrogen and oxygen atoms in total. The summed E-state index contributed by atoms with van der Waals surface area (Å²) in [6.07, 6.45) is 6.14. The number of H-pyrrole nitrogens is 1. The number of hydroxylamine groups is 2. The number of nitrogens with zero attached hydrogens (tertiary/aromatic N) is 3. The third-order valence-corrected chi connectivity index (χ3v) is 7.39. The van der Waals surface area contributed by atoms with E-state index in [4.69, 9.17) is 9.82 Å². The Hall–Kier alpha value is -3.32. The van der Waals surface area contributed by atoms with Gasteiger partial charge in [-0.2, -0.15) is 0 Å². The van der Waals surface area contributed by atoms with E-state index in [9.17, 15) is 9.18 Å². The van der Waals surface area contributed by atoms with Crippen LogP contribution in [0.2, 0.25) is 0 Å². The molecule has 1 saturated carbocycles. The molecule has 0 bridgehead atoms. The van der Waals surface area contributed by atoms with Crippen molar-refractivity contribution in [1.29, 1.82) is 0 Å². The first-order valence-corrected chi connectivity index (χ1v) is 11.8. The summed E-state index contributed by atoms with van der Waals surface area (Å²) in [7, 11) is 3.06. The molecule has 7 heteroatoms. The van der Waals surface area contributed by atoms with E-state index >= 15 is 0 Å². The SMILES string of the molecule is CON(C)C(=O)c1ccc2nc([C@H](C)[C@H]3CC[C@@H](c4ccnc5ccc(F)cc54)CC3)[nH]c2c1. The van der Waals surface area contributed by atoms with Gasteiger partial charge in [-0.05, 0) is 85.5 Å². The maximum atomic E-state index is 13.9. The number of rotatable bonds is 5. The molecule has 2 heterocycles. The van der Waals surface area contributed by atoms with Crippen molar-refractivity contribution in [3.05, 3.63) is 71.4 Å². The Kier molecular flexibility index (Phi) is 6.04. The molecule has 1 aliphatic rings. The predicted octanol–water partition coefficient (Wildman–Crippen LogP) is 5.96. The Morgan fingerprint density at radius 2 is 1.88 bits per heavy atom. The molecular formula is C27H29FN4O2. The number of carbonyl (C=O) groups excluding carboxylic acids is 1. The number of aromatic amines is 1. The van der Waals surface area contributed by atoms with Crippen LogP contribution in [0.5, 0.6) is 0 Å². The molecule has 34 heavy (non-hydrogen) atoms. The minimum atomic E-state index is -0.215. The van der Waals surface area contributed by atoms with Crippen LogP contribution in [-0.4, -0.2) is 40.1 Å². The summed E-state index contributed by atoms with van der Waals surface area (Å²) in [4.78, 5) is 30.1. The van der Waals surface area contributed by atoms with Crippen molar-refractivity contribution >= 4 is 27.8 Å². The molecule has 2 aromatic carbocycles. The highest BCUT2D eigenvalue weighted by Gasteiger charge is 2.29. The van der Waals surface area contributed by atoms with E-state index in [1.54, 1.807) is 25.2 Å². The van der Waals surface area contributed by atoms with Gasteiger partial charge in [-0.25, -0.2) is 14.4 Å². The van der Waals surface area contributed by atoms with Gasteiger partial charge in [-0.15, -0.1) is 0 Å². The van der Waals surface area contributed by atoms with Crippen molar-refractivity contribution in [3.8, 4) is 0 Å². The first-order chi connectivity index (χ1) is 16.4. The Morgan fingerprint density at radius 1 is 1.12 bits per heavy atom. The fraction of sp³-hybridized carbons (Fsp3) is 0.370. The zero-order valence-electron chi connectivity index (χ0n) is 19.7. The van der Waals surface area contributed by atoms with E-state index < -0.39 is 0 Å². The maximum Gasteiger partial charge on any atom is 0.277 e. The second-order valence-corrected chi connectivity index (χ2v) is 9.30. The van der Waals surface area contributed by atoms with E-state index in [0.717, 1.165) is 53.4 Å². The monoisotopic (exact) mass is 460 g/mol. The van der Waals surface area contributed by atoms with Gasteiger partial charge < -0.3 is 4.98 Å². The van der Waals surface area contributed by atoms with Gasteiger partial charge >= 0.3 is 0 Å². The Morgan fingerprint density at radius 3 is 2.65 bits per heavy atom. The molecule has 1 N–H and O–H groups in total. The Bertz CT molecular complexity index is 1340. The summed E-state index contributed by atoms with van der Waals surface area (Å²) < 4.78 is 13.9. The van der Waals surface area contributed by atoms with Crippen molar-refractivity contribution in [3.63, 3.8) is 0 Å². The number of imidazole rings is 1. The van der Waals surface area contributed by atoms with Crippen LogP contribution in [0.15, 0.2) is 48.7 Å². The Balaban J connectivity index is 1.31. The van der Waals surface area contributed by atoms with Crippen LogP contribution >= 0.6 is 0 Å². The van der Waals surface area contributed by atoms with Crippen molar-refractivity contribution < 1.29 is 14.0 Å².